The average molecular weight is 422 g/mol. The summed E-state index contributed by atoms with van der Waals surface area (Å²) in [5, 5.41) is 5.24. The molecule has 10 heteroatoms. The molecule has 2 heterocycles. The van der Waals surface area contributed by atoms with E-state index in [0.29, 0.717) is 16.7 Å². The first kappa shape index (κ1) is 19.3. The number of anilines is 2. The molecular weight excluding hydrogens is 408 g/mol. The maximum Gasteiger partial charge on any atom is 0.340 e. The number of fused-ring (bicyclic) bond motifs is 1. The van der Waals surface area contributed by atoms with Crippen LogP contribution in [-0.2, 0) is 9.53 Å². The van der Waals surface area contributed by atoms with E-state index >= 15 is 0 Å². The zero-order chi connectivity index (χ0) is 20.9. The molecule has 0 saturated heterocycles. The van der Waals surface area contributed by atoms with Gasteiger partial charge in [0.05, 0.1) is 34.9 Å². The lowest BCUT2D eigenvalue weighted by Crippen LogP contribution is -2.22. The van der Waals surface area contributed by atoms with Crippen molar-refractivity contribution in [1.82, 2.24) is 8.75 Å². The summed E-state index contributed by atoms with van der Waals surface area (Å²) in [5.74, 6) is -1.69. The molecule has 0 atom stereocenters. The molecule has 0 bridgehead atoms. The van der Waals surface area contributed by atoms with E-state index in [1.54, 1.807) is 42.5 Å². The highest BCUT2D eigenvalue weighted by Crippen LogP contribution is 2.21. The van der Waals surface area contributed by atoms with Gasteiger partial charge in [-0.1, -0.05) is 18.2 Å². The Balaban J connectivity index is 1.40. The normalized spacial score (nSPS) is 10.5. The number of esters is 1. The first-order valence-electron chi connectivity index (χ1n) is 8.74. The number of ether oxygens (including phenoxy) is 1. The molecule has 0 radical (unpaired) electrons. The van der Waals surface area contributed by atoms with Crippen molar-refractivity contribution in [2.75, 3.05) is 17.2 Å². The quantitative estimate of drug-likeness (QED) is 0.457. The van der Waals surface area contributed by atoms with Gasteiger partial charge in [0.15, 0.2) is 12.4 Å². The molecule has 0 aliphatic carbocycles. The molecular formula is C20H14N4O5S. The van der Waals surface area contributed by atoms with Crippen molar-refractivity contribution in [2.45, 2.75) is 0 Å². The molecule has 30 heavy (non-hydrogen) atoms. The Kier molecular flexibility index (Phi) is 5.48. The second-order valence-corrected chi connectivity index (χ2v) is 6.57. The summed E-state index contributed by atoms with van der Waals surface area (Å²) in [6.45, 7) is -0.507. The summed E-state index contributed by atoms with van der Waals surface area (Å²) in [4.78, 5) is 36.9. The van der Waals surface area contributed by atoms with E-state index in [4.69, 9.17) is 9.15 Å². The molecule has 0 aliphatic rings. The number of aromatic nitrogens is 2. The zero-order valence-electron chi connectivity index (χ0n) is 15.3. The summed E-state index contributed by atoms with van der Waals surface area (Å²) < 4.78 is 18.4. The maximum atomic E-state index is 12.5. The van der Waals surface area contributed by atoms with Crippen LogP contribution in [-0.4, -0.2) is 33.1 Å². The van der Waals surface area contributed by atoms with Gasteiger partial charge >= 0.3 is 5.97 Å². The second-order valence-electron chi connectivity index (χ2n) is 6.04. The van der Waals surface area contributed by atoms with E-state index in [2.05, 4.69) is 19.4 Å². The highest BCUT2D eigenvalue weighted by atomic mass is 32.1. The van der Waals surface area contributed by atoms with Crippen LogP contribution in [0.25, 0.3) is 11.0 Å². The Morgan fingerprint density at radius 3 is 2.60 bits per heavy atom. The lowest BCUT2D eigenvalue weighted by atomic mass is 10.1. The van der Waals surface area contributed by atoms with Gasteiger partial charge in [0.2, 0.25) is 0 Å². The summed E-state index contributed by atoms with van der Waals surface area (Å²) >= 11 is 1.04. The maximum absolute atomic E-state index is 12.5. The SMILES string of the molecule is O=C(COC(=O)c1ccccc1NC(=O)c1ccco1)Nc1cccc2nsnc12. The monoisotopic (exact) mass is 422 g/mol. The first-order chi connectivity index (χ1) is 14.6. The third-order valence-electron chi connectivity index (χ3n) is 4.03. The predicted molar refractivity (Wildman–Crippen MR) is 109 cm³/mol. The summed E-state index contributed by atoms with van der Waals surface area (Å²) in [5.41, 5.74) is 2.05. The summed E-state index contributed by atoms with van der Waals surface area (Å²) in [7, 11) is 0. The number of amides is 2. The molecule has 2 N–H and O–H groups in total. The van der Waals surface area contributed by atoms with Crippen molar-refractivity contribution in [3.8, 4) is 0 Å². The van der Waals surface area contributed by atoms with Gasteiger partial charge in [0, 0.05) is 0 Å². The van der Waals surface area contributed by atoms with Gasteiger partial charge in [-0.3, -0.25) is 9.59 Å². The van der Waals surface area contributed by atoms with E-state index in [1.165, 1.54) is 18.4 Å². The lowest BCUT2D eigenvalue weighted by Gasteiger charge is -2.10. The highest BCUT2D eigenvalue weighted by Gasteiger charge is 2.18. The van der Waals surface area contributed by atoms with Crippen LogP contribution >= 0.6 is 11.7 Å². The second kappa shape index (κ2) is 8.53. The van der Waals surface area contributed by atoms with Gasteiger partial charge in [0.25, 0.3) is 11.8 Å². The molecule has 150 valence electrons. The van der Waals surface area contributed by atoms with E-state index in [-0.39, 0.29) is 17.0 Å². The predicted octanol–water partition coefficient (Wildman–Crippen LogP) is 3.33. The van der Waals surface area contributed by atoms with Crippen molar-refractivity contribution in [3.05, 3.63) is 72.2 Å². The van der Waals surface area contributed by atoms with Gasteiger partial charge in [-0.2, -0.15) is 8.75 Å². The minimum Gasteiger partial charge on any atom is -0.459 e. The number of nitrogens with zero attached hydrogens (tertiary/aromatic N) is 2. The number of furan rings is 1. The number of carbonyl (C=O) groups excluding carboxylic acids is 3. The van der Waals surface area contributed by atoms with E-state index in [0.717, 1.165) is 11.7 Å². The standard InChI is InChI=1S/C20H14N4O5S/c25-17(21-14-7-3-8-15-18(14)24-30-23-15)11-29-20(27)12-5-1-2-6-13(12)22-19(26)16-9-4-10-28-16/h1-10H,11H2,(H,21,25)(H,22,26). The number of rotatable bonds is 6. The minimum atomic E-state index is -0.756. The molecule has 0 unspecified atom stereocenters. The van der Waals surface area contributed by atoms with Crippen molar-refractivity contribution in [2.24, 2.45) is 0 Å². The summed E-state index contributed by atoms with van der Waals surface area (Å²) in [6.07, 6.45) is 1.37. The Bertz CT molecular complexity index is 1220. The number of hydrogen-bond donors (Lipinski definition) is 2. The number of benzene rings is 2. The molecule has 0 saturated carbocycles. The van der Waals surface area contributed by atoms with Gasteiger partial charge in [0.1, 0.15) is 11.0 Å². The van der Waals surface area contributed by atoms with Crippen LogP contribution in [0.1, 0.15) is 20.9 Å². The van der Waals surface area contributed by atoms with Crippen molar-refractivity contribution in [3.63, 3.8) is 0 Å². The van der Waals surface area contributed by atoms with Crippen LogP contribution < -0.4 is 10.6 Å². The number of hydrogen-bond acceptors (Lipinski definition) is 8. The Morgan fingerprint density at radius 2 is 1.77 bits per heavy atom. The van der Waals surface area contributed by atoms with Crippen LogP contribution in [0.4, 0.5) is 11.4 Å². The number of nitrogens with one attached hydrogen (secondary N) is 2. The zero-order valence-corrected chi connectivity index (χ0v) is 16.1. The van der Waals surface area contributed by atoms with E-state index < -0.39 is 24.4 Å². The minimum absolute atomic E-state index is 0.100. The largest absolute Gasteiger partial charge is 0.459 e. The van der Waals surface area contributed by atoms with Crippen LogP contribution in [0.2, 0.25) is 0 Å². The Labute approximate surface area is 174 Å². The Hall–Kier alpha value is -4.05. The van der Waals surface area contributed by atoms with Crippen molar-refractivity contribution >= 4 is 51.9 Å². The highest BCUT2D eigenvalue weighted by molar-refractivity contribution is 7.00. The summed E-state index contributed by atoms with van der Waals surface area (Å²) in [6, 6.07) is 14.6. The number of para-hydroxylation sites is 1. The molecule has 0 fully saturated rings. The molecule has 2 aromatic carbocycles. The van der Waals surface area contributed by atoms with Gasteiger partial charge < -0.3 is 19.8 Å². The molecule has 4 aromatic rings. The third-order valence-corrected chi connectivity index (χ3v) is 4.58. The molecule has 2 aromatic heterocycles. The van der Waals surface area contributed by atoms with Crippen molar-refractivity contribution in [1.29, 1.82) is 0 Å². The first-order valence-corrected chi connectivity index (χ1v) is 9.47. The van der Waals surface area contributed by atoms with Crippen molar-refractivity contribution < 1.29 is 23.5 Å². The topological polar surface area (TPSA) is 123 Å². The van der Waals surface area contributed by atoms with Crippen LogP contribution in [0.15, 0.2) is 65.3 Å². The number of carbonyl (C=O) groups is 3. The Morgan fingerprint density at radius 1 is 0.933 bits per heavy atom. The van der Waals surface area contributed by atoms with E-state index in [1.807, 2.05) is 0 Å². The molecule has 0 aliphatic heterocycles. The molecule has 4 rings (SSSR count). The molecule has 9 nitrogen and oxygen atoms in total. The third kappa shape index (κ3) is 4.18. The fraction of sp³-hybridized carbons (Fsp3) is 0.0500. The fourth-order valence-corrected chi connectivity index (χ4v) is 3.21. The van der Waals surface area contributed by atoms with Gasteiger partial charge in [-0.25, -0.2) is 4.79 Å². The van der Waals surface area contributed by atoms with Crippen LogP contribution in [0, 0.1) is 0 Å². The van der Waals surface area contributed by atoms with E-state index in [9.17, 15) is 14.4 Å². The smallest absolute Gasteiger partial charge is 0.340 e. The fourth-order valence-electron chi connectivity index (χ4n) is 2.66. The van der Waals surface area contributed by atoms with Gasteiger partial charge in [-0.05, 0) is 36.4 Å². The van der Waals surface area contributed by atoms with Gasteiger partial charge in [-0.15, -0.1) is 0 Å². The van der Waals surface area contributed by atoms with Crippen LogP contribution in [0.5, 0.6) is 0 Å². The molecule has 2 amide bonds. The average Bonchev–Trinajstić information content (AvgIpc) is 3.45. The molecule has 0 spiro atoms. The lowest BCUT2D eigenvalue weighted by molar-refractivity contribution is -0.119. The van der Waals surface area contributed by atoms with Crippen LogP contribution in [0.3, 0.4) is 0 Å².